The molecule has 124 valence electrons. The number of ether oxygens (including phenoxy) is 2. The zero-order valence-corrected chi connectivity index (χ0v) is 13.7. The van der Waals surface area contributed by atoms with E-state index in [1.54, 1.807) is 13.2 Å². The lowest BCUT2D eigenvalue weighted by molar-refractivity contribution is 0.332. The predicted octanol–water partition coefficient (Wildman–Crippen LogP) is 3.60. The molecule has 2 aromatic carbocycles. The molecule has 5 nitrogen and oxygen atoms in total. The summed E-state index contributed by atoms with van der Waals surface area (Å²) in [5.41, 5.74) is 2.09. The minimum Gasteiger partial charge on any atom is -0.497 e. The van der Waals surface area contributed by atoms with Crippen molar-refractivity contribution >= 4 is 16.7 Å². The lowest BCUT2D eigenvalue weighted by Gasteiger charge is -2.10. The Balaban J connectivity index is 1.58. The summed E-state index contributed by atoms with van der Waals surface area (Å²) in [6.07, 6.45) is 0. The minimum atomic E-state index is -0.349. The molecule has 1 heterocycles. The van der Waals surface area contributed by atoms with Gasteiger partial charge in [0.05, 0.1) is 7.11 Å². The fourth-order valence-electron chi connectivity index (χ4n) is 2.47. The van der Waals surface area contributed by atoms with E-state index in [1.165, 1.54) is 6.07 Å². The molecule has 0 atom stereocenters. The third kappa shape index (κ3) is 3.68. The Bertz CT molecular complexity index is 884. The van der Waals surface area contributed by atoms with Crippen LogP contribution >= 0.6 is 0 Å². The van der Waals surface area contributed by atoms with E-state index in [2.05, 4.69) is 5.32 Å². The molecule has 0 fully saturated rings. The first-order valence-electron chi connectivity index (χ1n) is 7.71. The van der Waals surface area contributed by atoms with E-state index in [0.717, 1.165) is 22.4 Å². The lowest BCUT2D eigenvalue weighted by Crippen LogP contribution is -2.11. The van der Waals surface area contributed by atoms with Crippen molar-refractivity contribution < 1.29 is 13.9 Å². The summed E-state index contributed by atoms with van der Waals surface area (Å²) in [4.78, 5) is 11.5. The number of fused-ring (bicyclic) bond motifs is 1. The smallest absolute Gasteiger partial charge is 0.336 e. The first kappa shape index (κ1) is 15.9. The third-order valence-corrected chi connectivity index (χ3v) is 3.71. The fourth-order valence-corrected chi connectivity index (χ4v) is 2.47. The standard InChI is InChI=1S/C19H19NO4/c1-13-11-19(21)24-18-12-16(7-8-17(13)18)23-10-9-20-14-3-5-15(22-2)6-4-14/h3-8,11-12,20H,9-10H2,1-2H3. The predicted molar refractivity (Wildman–Crippen MR) is 94.2 cm³/mol. The van der Waals surface area contributed by atoms with Crippen molar-refractivity contribution in [3.8, 4) is 11.5 Å². The van der Waals surface area contributed by atoms with E-state index < -0.39 is 0 Å². The highest BCUT2D eigenvalue weighted by atomic mass is 16.5. The van der Waals surface area contributed by atoms with E-state index >= 15 is 0 Å². The highest BCUT2D eigenvalue weighted by molar-refractivity contribution is 5.81. The van der Waals surface area contributed by atoms with Crippen molar-refractivity contribution in [2.75, 3.05) is 25.6 Å². The number of nitrogens with one attached hydrogen (secondary N) is 1. The minimum absolute atomic E-state index is 0.349. The number of aryl methyl sites for hydroxylation is 1. The first-order chi connectivity index (χ1) is 11.7. The van der Waals surface area contributed by atoms with Gasteiger partial charge < -0.3 is 19.2 Å². The monoisotopic (exact) mass is 325 g/mol. The topological polar surface area (TPSA) is 60.7 Å². The van der Waals surface area contributed by atoms with Crippen molar-refractivity contribution in [2.45, 2.75) is 6.92 Å². The van der Waals surface area contributed by atoms with Crippen LogP contribution in [-0.2, 0) is 0 Å². The van der Waals surface area contributed by atoms with Gasteiger partial charge in [-0.2, -0.15) is 0 Å². The Kier molecular flexibility index (Phi) is 4.70. The Hall–Kier alpha value is -2.95. The van der Waals surface area contributed by atoms with Gasteiger partial charge >= 0.3 is 5.63 Å². The van der Waals surface area contributed by atoms with Gasteiger partial charge in [0.25, 0.3) is 0 Å². The van der Waals surface area contributed by atoms with Crippen LogP contribution in [0.4, 0.5) is 5.69 Å². The number of anilines is 1. The van der Waals surface area contributed by atoms with Gasteiger partial charge in [-0.05, 0) is 48.9 Å². The molecule has 0 saturated carbocycles. The molecule has 0 aliphatic rings. The molecule has 0 radical (unpaired) electrons. The van der Waals surface area contributed by atoms with Crippen LogP contribution < -0.4 is 20.4 Å². The molecular formula is C19H19NO4. The summed E-state index contributed by atoms with van der Waals surface area (Å²) in [5, 5.41) is 4.18. The van der Waals surface area contributed by atoms with Gasteiger partial charge in [-0.15, -0.1) is 0 Å². The number of hydrogen-bond acceptors (Lipinski definition) is 5. The highest BCUT2D eigenvalue weighted by Gasteiger charge is 2.04. The van der Waals surface area contributed by atoms with Crippen molar-refractivity contribution in [3.05, 3.63) is 64.5 Å². The fraction of sp³-hybridized carbons (Fsp3) is 0.211. The van der Waals surface area contributed by atoms with E-state index in [4.69, 9.17) is 13.9 Å². The van der Waals surface area contributed by atoms with Gasteiger partial charge in [-0.3, -0.25) is 0 Å². The molecule has 3 aromatic rings. The summed E-state index contributed by atoms with van der Waals surface area (Å²) < 4.78 is 16.0. The zero-order valence-electron chi connectivity index (χ0n) is 13.7. The first-order valence-corrected chi connectivity index (χ1v) is 7.71. The van der Waals surface area contributed by atoms with Crippen molar-refractivity contribution in [3.63, 3.8) is 0 Å². The van der Waals surface area contributed by atoms with Crippen LogP contribution in [-0.4, -0.2) is 20.3 Å². The molecule has 1 N–H and O–H groups in total. The largest absolute Gasteiger partial charge is 0.497 e. The molecule has 0 amide bonds. The van der Waals surface area contributed by atoms with Crippen LogP contribution in [0.2, 0.25) is 0 Å². The second-order valence-corrected chi connectivity index (χ2v) is 5.41. The zero-order chi connectivity index (χ0) is 16.9. The number of benzene rings is 2. The summed E-state index contributed by atoms with van der Waals surface area (Å²) in [5.74, 6) is 1.50. The number of methoxy groups -OCH3 is 1. The maximum Gasteiger partial charge on any atom is 0.336 e. The maximum atomic E-state index is 11.5. The lowest BCUT2D eigenvalue weighted by atomic mass is 10.1. The van der Waals surface area contributed by atoms with Crippen LogP contribution in [0.15, 0.2) is 57.7 Å². The number of hydrogen-bond donors (Lipinski definition) is 1. The van der Waals surface area contributed by atoms with Crippen molar-refractivity contribution in [1.82, 2.24) is 0 Å². The molecule has 5 heteroatoms. The third-order valence-electron chi connectivity index (χ3n) is 3.71. The van der Waals surface area contributed by atoms with E-state index in [0.29, 0.717) is 24.5 Å². The molecule has 0 aliphatic carbocycles. The highest BCUT2D eigenvalue weighted by Crippen LogP contribution is 2.22. The molecule has 0 spiro atoms. The van der Waals surface area contributed by atoms with Crippen LogP contribution in [0.5, 0.6) is 11.5 Å². The normalized spacial score (nSPS) is 10.6. The molecule has 3 rings (SSSR count). The van der Waals surface area contributed by atoms with Gasteiger partial charge in [0, 0.05) is 29.8 Å². The van der Waals surface area contributed by atoms with Gasteiger partial charge in [-0.1, -0.05) is 0 Å². The van der Waals surface area contributed by atoms with E-state index in [9.17, 15) is 4.79 Å². The second-order valence-electron chi connectivity index (χ2n) is 5.41. The van der Waals surface area contributed by atoms with Gasteiger partial charge in [0.1, 0.15) is 23.7 Å². The molecule has 0 bridgehead atoms. The van der Waals surface area contributed by atoms with Crippen molar-refractivity contribution in [1.29, 1.82) is 0 Å². The Morgan fingerprint density at radius 1 is 1.04 bits per heavy atom. The molecule has 24 heavy (non-hydrogen) atoms. The van der Waals surface area contributed by atoms with E-state index in [1.807, 2.05) is 43.3 Å². The second kappa shape index (κ2) is 7.08. The van der Waals surface area contributed by atoms with Crippen LogP contribution in [0.25, 0.3) is 11.0 Å². The maximum absolute atomic E-state index is 11.5. The Morgan fingerprint density at radius 2 is 1.79 bits per heavy atom. The molecule has 0 aliphatic heterocycles. The Labute approximate surface area is 139 Å². The van der Waals surface area contributed by atoms with Gasteiger partial charge in [0.15, 0.2) is 0 Å². The van der Waals surface area contributed by atoms with E-state index in [-0.39, 0.29) is 5.63 Å². The summed E-state index contributed by atoms with van der Waals surface area (Å²) in [7, 11) is 1.64. The average molecular weight is 325 g/mol. The molecule has 0 saturated heterocycles. The summed E-state index contributed by atoms with van der Waals surface area (Å²) in [6, 6.07) is 14.7. The summed E-state index contributed by atoms with van der Waals surface area (Å²) in [6.45, 7) is 3.04. The SMILES string of the molecule is COc1ccc(NCCOc2ccc3c(C)cc(=O)oc3c2)cc1. The Morgan fingerprint density at radius 3 is 2.54 bits per heavy atom. The molecule has 0 unspecified atom stereocenters. The number of rotatable bonds is 6. The average Bonchev–Trinajstić information content (AvgIpc) is 2.59. The molecule has 1 aromatic heterocycles. The van der Waals surface area contributed by atoms with Crippen molar-refractivity contribution in [2.24, 2.45) is 0 Å². The van der Waals surface area contributed by atoms with Crippen LogP contribution in [0.1, 0.15) is 5.56 Å². The van der Waals surface area contributed by atoms with Gasteiger partial charge in [-0.25, -0.2) is 4.79 Å². The quantitative estimate of drug-likeness (QED) is 0.554. The summed E-state index contributed by atoms with van der Waals surface area (Å²) >= 11 is 0. The van der Waals surface area contributed by atoms with Crippen LogP contribution in [0.3, 0.4) is 0 Å². The van der Waals surface area contributed by atoms with Gasteiger partial charge in [0.2, 0.25) is 0 Å². The van der Waals surface area contributed by atoms with Crippen LogP contribution in [0, 0.1) is 6.92 Å². The molecular weight excluding hydrogens is 306 g/mol.